The molecule has 2 heterocycles. The number of nitrogens with one attached hydrogen (secondary N) is 2. The van der Waals surface area contributed by atoms with Gasteiger partial charge in [-0.15, -0.1) is 0 Å². The molecular formula is C41H49N3O6S. The molecule has 3 N–H and O–H groups in total. The Morgan fingerprint density at radius 1 is 0.824 bits per heavy atom. The van der Waals surface area contributed by atoms with Gasteiger partial charge in [-0.05, 0) is 80.2 Å². The van der Waals surface area contributed by atoms with Crippen molar-refractivity contribution >= 4 is 21.6 Å². The fraction of sp³-hybridized carbons (Fsp3) is 0.390. The minimum absolute atomic E-state index is 0.0206. The van der Waals surface area contributed by atoms with E-state index in [1.54, 1.807) is 30.3 Å². The van der Waals surface area contributed by atoms with Crippen molar-refractivity contribution in [2.75, 3.05) is 25.0 Å². The zero-order chi connectivity index (χ0) is 35.6. The van der Waals surface area contributed by atoms with Crippen LogP contribution in [0.2, 0.25) is 0 Å². The molecule has 2 aliphatic heterocycles. The summed E-state index contributed by atoms with van der Waals surface area (Å²) in [5, 5.41) is 12.6. The molecular weight excluding hydrogens is 663 g/mol. The fourth-order valence-electron chi connectivity index (χ4n) is 6.82. The van der Waals surface area contributed by atoms with Crippen molar-refractivity contribution in [1.82, 2.24) is 9.62 Å². The Morgan fingerprint density at radius 2 is 1.53 bits per heavy atom. The quantitative estimate of drug-likeness (QED) is 0.148. The summed E-state index contributed by atoms with van der Waals surface area (Å²) in [4.78, 5) is 16.5. The molecule has 1 unspecified atom stereocenters. The smallest absolute Gasteiger partial charge is 0.242 e. The molecule has 0 radical (unpaired) electrons. The summed E-state index contributed by atoms with van der Waals surface area (Å²) < 4.78 is 42.7. The van der Waals surface area contributed by atoms with Crippen LogP contribution < -0.4 is 10.0 Å². The summed E-state index contributed by atoms with van der Waals surface area (Å²) >= 11 is 0. The predicted molar refractivity (Wildman–Crippen MR) is 198 cm³/mol. The number of aryl methyl sites for hydroxylation is 1. The van der Waals surface area contributed by atoms with Crippen LogP contribution in [0, 0.1) is 6.92 Å². The van der Waals surface area contributed by atoms with E-state index in [4.69, 9.17) is 9.47 Å². The van der Waals surface area contributed by atoms with Gasteiger partial charge in [0.05, 0.1) is 23.7 Å². The molecule has 0 aliphatic carbocycles. The van der Waals surface area contributed by atoms with E-state index in [9.17, 15) is 18.3 Å². The van der Waals surface area contributed by atoms with Crippen LogP contribution in [0.4, 0.5) is 5.69 Å². The fourth-order valence-corrected chi connectivity index (χ4v) is 8.01. The van der Waals surface area contributed by atoms with E-state index in [-0.39, 0.29) is 30.1 Å². The Labute approximate surface area is 302 Å². The van der Waals surface area contributed by atoms with Gasteiger partial charge in [-0.25, -0.2) is 8.42 Å². The van der Waals surface area contributed by atoms with Gasteiger partial charge < -0.3 is 24.8 Å². The van der Waals surface area contributed by atoms with E-state index in [2.05, 4.69) is 14.9 Å². The molecule has 0 spiro atoms. The van der Waals surface area contributed by atoms with Crippen LogP contribution in [0.5, 0.6) is 0 Å². The molecule has 0 saturated carbocycles. The molecule has 6 rings (SSSR count). The number of hydrogen-bond donors (Lipinski definition) is 3. The molecule has 4 atom stereocenters. The number of amides is 1. The normalized spacial score (nSPS) is 20.9. The van der Waals surface area contributed by atoms with Gasteiger partial charge in [0, 0.05) is 24.2 Å². The maximum Gasteiger partial charge on any atom is 0.242 e. The van der Waals surface area contributed by atoms with Gasteiger partial charge in [-0.3, -0.25) is 4.79 Å². The van der Waals surface area contributed by atoms with Crippen molar-refractivity contribution in [1.29, 1.82) is 0 Å². The third-order valence-electron chi connectivity index (χ3n) is 9.68. The monoisotopic (exact) mass is 711 g/mol. The number of sulfonamides is 1. The summed E-state index contributed by atoms with van der Waals surface area (Å²) in [7, 11) is -3.99. The van der Waals surface area contributed by atoms with Crippen molar-refractivity contribution < 1.29 is 27.8 Å². The van der Waals surface area contributed by atoms with E-state index in [1.807, 2.05) is 79.7 Å². The van der Waals surface area contributed by atoms with E-state index < -0.39 is 28.3 Å². The summed E-state index contributed by atoms with van der Waals surface area (Å²) in [5.41, 5.74) is 4.88. The minimum Gasteiger partial charge on any atom is -0.392 e. The van der Waals surface area contributed by atoms with Gasteiger partial charge in [-0.1, -0.05) is 104 Å². The van der Waals surface area contributed by atoms with E-state index in [0.29, 0.717) is 12.1 Å². The largest absolute Gasteiger partial charge is 0.392 e. The number of nitrogens with zero attached hydrogens (tertiary/aromatic N) is 1. The predicted octanol–water partition coefficient (Wildman–Crippen LogP) is 6.83. The van der Waals surface area contributed by atoms with E-state index in [1.165, 1.54) is 32.1 Å². The summed E-state index contributed by atoms with van der Waals surface area (Å²) in [6.07, 6.45) is 6.07. The van der Waals surface area contributed by atoms with Crippen molar-refractivity contribution in [2.45, 2.75) is 87.9 Å². The molecule has 51 heavy (non-hydrogen) atoms. The maximum absolute atomic E-state index is 13.9. The number of likely N-dealkylation sites (tertiary alicyclic amines) is 1. The lowest BCUT2D eigenvalue weighted by atomic mass is 9.99. The first-order valence-corrected chi connectivity index (χ1v) is 19.5. The number of benzene rings is 4. The van der Waals surface area contributed by atoms with Crippen molar-refractivity contribution in [3.05, 3.63) is 131 Å². The molecule has 4 aromatic rings. The number of rotatable bonds is 12. The Morgan fingerprint density at radius 3 is 2.24 bits per heavy atom. The van der Waals surface area contributed by atoms with Crippen molar-refractivity contribution in [3.63, 3.8) is 0 Å². The van der Waals surface area contributed by atoms with Gasteiger partial charge in [0.25, 0.3) is 0 Å². The van der Waals surface area contributed by atoms with Crippen LogP contribution in [0.15, 0.2) is 108 Å². The molecule has 10 heteroatoms. The molecule has 270 valence electrons. The second-order valence-corrected chi connectivity index (χ2v) is 15.4. The molecule has 9 nitrogen and oxygen atoms in total. The highest BCUT2D eigenvalue weighted by Crippen LogP contribution is 2.39. The molecule has 2 saturated heterocycles. The van der Waals surface area contributed by atoms with Crippen LogP contribution in [0.25, 0.3) is 0 Å². The standard InChI is InChI=1S/C41H49N3O6S/c1-30-15-21-37(22-16-30)51(47,48)43-38(25-31-11-6-5-7-12-31)40(46)42-35-14-10-13-34(26-35)41-49-36(28-44-23-8-3-2-4-9-24-44)27-39(50-41)33-19-17-32(29-45)18-20-33/h5-7,10-22,26,36,38-39,41,43,45H,2-4,8-9,23-25,27-29H2,1H3,(H,42,46)/t36-,38+,39+,41?/m0/s1. The van der Waals surface area contributed by atoms with Crippen LogP contribution in [0.1, 0.15) is 78.7 Å². The number of aliphatic hydroxyl groups excluding tert-OH is 1. The van der Waals surface area contributed by atoms with Gasteiger partial charge in [-0.2, -0.15) is 4.72 Å². The maximum atomic E-state index is 13.9. The van der Waals surface area contributed by atoms with Crippen molar-refractivity contribution in [2.24, 2.45) is 0 Å². The van der Waals surface area contributed by atoms with Gasteiger partial charge >= 0.3 is 0 Å². The summed E-state index contributed by atoms with van der Waals surface area (Å²) in [6.45, 7) is 4.79. The SMILES string of the molecule is Cc1ccc(S(=O)(=O)N[C@H](Cc2ccccc2)C(=O)Nc2cccc(C3O[C@H](CN4CCCCCCC4)C[C@H](c4ccc(CO)cc4)O3)c2)cc1. The zero-order valence-electron chi connectivity index (χ0n) is 29.2. The second kappa shape index (κ2) is 17.5. The molecule has 4 aromatic carbocycles. The van der Waals surface area contributed by atoms with Crippen LogP contribution in [0.3, 0.4) is 0 Å². The number of anilines is 1. The van der Waals surface area contributed by atoms with Crippen molar-refractivity contribution in [3.8, 4) is 0 Å². The van der Waals surface area contributed by atoms with Gasteiger partial charge in [0.15, 0.2) is 6.29 Å². The minimum atomic E-state index is -3.99. The number of carbonyl (C=O) groups excluding carboxylic acids is 1. The number of hydrogen-bond acceptors (Lipinski definition) is 7. The van der Waals surface area contributed by atoms with Crippen LogP contribution in [-0.2, 0) is 37.3 Å². The Bertz CT molecular complexity index is 1810. The topological polar surface area (TPSA) is 117 Å². The molecule has 1 amide bonds. The van der Waals surface area contributed by atoms with Crippen LogP contribution >= 0.6 is 0 Å². The average molecular weight is 712 g/mol. The number of carbonyl (C=O) groups is 1. The first-order valence-electron chi connectivity index (χ1n) is 18.0. The lowest BCUT2D eigenvalue weighted by molar-refractivity contribution is -0.253. The third kappa shape index (κ3) is 10.3. The zero-order valence-corrected chi connectivity index (χ0v) is 30.1. The highest BCUT2D eigenvalue weighted by molar-refractivity contribution is 7.89. The van der Waals surface area contributed by atoms with Crippen LogP contribution in [-0.4, -0.2) is 56.1 Å². The first kappa shape index (κ1) is 36.9. The molecule has 0 bridgehead atoms. The van der Waals surface area contributed by atoms with E-state index >= 15 is 0 Å². The van der Waals surface area contributed by atoms with E-state index in [0.717, 1.165) is 47.5 Å². The second-order valence-electron chi connectivity index (χ2n) is 13.7. The highest BCUT2D eigenvalue weighted by Gasteiger charge is 2.34. The third-order valence-corrected chi connectivity index (χ3v) is 11.2. The Balaban J connectivity index is 1.21. The summed E-state index contributed by atoms with van der Waals surface area (Å²) in [6, 6.07) is 30.1. The first-order chi connectivity index (χ1) is 24.8. The molecule has 2 fully saturated rings. The molecule has 2 aliphatic rings. The number of aliphatic hydroxyl groups is 1. The van der Waals surface area contributed by atoms with Gasteiger partial charge in [0.1, 0.15) is 6.04 Å². The Kier molecular flexibility index (Phi) is 12.7. The lowest BCUT2D eigenvalue weighted by Gasteiger charge is -2.39. The average Bonchev–Trinajstić information content (AvgIpc) is 3.13. The summed E-state index contributed by atoms with van der Waals surface area (Å²) in [5.74, 6) is -0.478. The Hall–Kier alpha value is -3.90. The lowest BCUT2D eigenvalue weighted by Crippen LogP contribution is -2.45. The van der Waals surface area contributed by atoms with Gasteiger partial charge in [0.2, 0.25) is 15.9 Å². The molecule has 0 aromatic heterocycles. The number of ether oxygens (including phenoxy) is 2. The highest BCUT2D eigenvalue weighted by atomic mass is 32.2.